The Hall–Kier alpha value is -2.70. The average molecular weight is 372 g/mol. The molecular weight excluding hydrogens is 358 g/mol. The van der Waals surface area contributed by atoms with Gasteiger partial charge in [0.15, 0.2) is 0 Å². The second-order valence-corrected chi connectivity index (χ2v) is 6.56. The second-order valence-electron chi connectivity index (χ2n) is 5.29. The van der Waals surface area contributed by atoms with Gasteiger partial charge in [-0.3, -0.25) is 9.59 Å². The SMILES string of the molecule is NC(=O)c1ccc(NC(=O)Cc2csc(-c3ccccc3)n2)cc1Cl. The molecule has 0 aliphatic rings. The van der Waals surface area contributed by atoms with Gasteiger partial charge in [0.2, 0.25) is 11.8 Å². The van der Waals surface area contributed by atoms with Crippen molar-refractivity contribution in [3.05, 3.63) is 70.2 Å². The molecule has 0 radical (unpaired) electrons. The molecule has 7 heteroatoms. The quantitative estimate of drug-likeness (QED) is 0.716. The Bertz CT molecular complexity index is 925. The van der Waals surface area contributed by atoms with Crippen molar-refractivity contribution >= 4 is 40.4 Å². The molecule has 0 unspecified atom stereocenters. The summed E-state index contributed by atoms with van der Waals surface area (Å²) in [4.78, 5) is 27.8. The molecule has 1 aromatic heterocycles. The summed E-state index contributed by atoms with van der Waals surface area (Å²) in [5.41, 5.74) is 7.63. The normalized spacial score (nSPS) is 10.4. The molecule has 0 saturated heterocycles. The van der Waals surface area contributed by atoms with E-state index in [1.165, 1.54) is 23.5 Å². The lowest BCUT2D eigenvalue weighted by Crippen LogP contribution is -2.15. The number of hydrogen-bond donors (Lipinski definition) is 2. The lowest BCUT2D eigenvalue weighted by Gasteiger charge is -2.06. The summed E-state index contributed by atoms with van der Waals surface area (Å²) >= 11 is 7.47. The summed E-state index contributed by atoms with van der Waals surface area (Å²) in [7, 11) is 0. The van der Waals surface area contributed by atoms with Crippen molar-refractivity contribution in [1.82, 2.24) is 4.98 Å². The van der Waals surface area contributed by atoms with E-state index in [1.807, 2.05) is 35.7 Å². The van der Waals surface area contributed by atoms with Crippen molar-refractivity contribution in [2.75, 3.05) is 5.32 Å². The predicted molar refractivity (Wildman–Crippen MR) is 99.9 cm³/mol. The summed E-state index contributed by atoms with van der Waals surface area (Å²) < 4.78 is 0. The number of aromatic nitrogens is 1. The Balaban J connectivity index is 1.66. The second kappa shape index (κ2) is 7.46. The number of nitrogens with two attached hydrogens (primary N) is 1. The van der Waals surface area contributed by atoms with Gasteiger partial charge >= 0.3 is 0 Å². The Kier molecular flexibility index (Phi) is 5.11. The molecule has 0 atom stereocenters. The molecule has 0 spiro atoms. The predicted octanol–water partition coefficient (Wildman–Crippen LogP) is 3.74. The third-order valence-corrected chi connectivity index (χ3v) is 4.69. The first-order valence-corrected chi connectivity index (χ1v) is 8.68. The fraction of sp³-hybridized carbons (Fsp3) is 0.0556. The van der Waals surface area contributed by atoms with E-state index in [-0.39, 0.29) is 22.9 Å². The number of nitrogens with one attached hydrogen (secondary N) is 1. The highest BCUT2D eigenvalue weighted by atomic mass is 35.5. The van der Waals surface area contributed by atoms with Gasteiger partial charge in [-0.25, -0.2) is 4.98 Å². The topological polar surface area (TPSA) is 85.1 Å². The van der Waals surface area contributed by atoms with Gasteiger partial charge in [0.1, 0.15) is 5.01 Å². The number of amides is 2. The maximum Gasteiger partial charge on any atom is 0.250 e. The molecule has 3 rings (SSSR count). The van der Waals surface area contributed by atoms with Gasteiger partial charge in [-0.2, -0.15) is 0 Å². The van der Waals surface area contributed by atoms with Gasteiger partial charge in [0, 0.05) is 16.6 Å². The molecule has 126 valence electrons. The maximum atomic E-state index is 12.2. The van der Waals surface area contributed by atoms with Crippen LogP contribution in [0.3, 0.4) is 0 Å². The molecule has 1 heterocycles. The first-order chi connectivity index (χ1) is 12.0. The molecule has 3 aromatic rings. The lowest BCUT2D eigenvalue weighted by molar-refractivity contribution is -0.115. The molecule has 0 bridgehead atoms. The molecule has 25 heavy (non-hydrogen) atoms. The highest BCUT2D eigenvalue weighted by Gasteiger charge is 2.11. The number of thiazole rings is 1. The van der Waals surface area contributed by atoms with Crippen LogP contribution in [0.25, 0.3) is 10.6 Å². The summed E-state index contributed by atoms with van der Waals surface area (Å²) in [6.45, 7) is 0. The van der Waals surface area contributed by atoms with Crippen molar-refractivity contribution in [3.8, 4) is 10.6 Å². The van der Waals surface area contributed by atoms with Crippen LogP contribution in [0.15, 0.2) is 53.9 Å². The largest absolute Gasteiger partial charge is 0.366 e. The summed E-state index contributed by atoms with van der Waals surface area (Å²) in [6.07, 6.45) is 0.151. The highest BCUT2D eigenvalue weighted by Crippen LogP contribution is 2.24. The van der Waals surface area contributed by atoms with Crippen LogP contribution >= 0.6 is 22.9 Å². The summed E-state index contributed by atoms with van der Waals surface area (Å²) in [6, 6.07) is 14.4. The van der Waals surface area contributed by atoms with Crippen LogP contribution in [0.1, 0.15) is 16.1 Å². The molecule has 0 fully saturated rings. The summed E-state index contributed by atoms with van der Waals surface area (Å²) in [5, 5.41) is 5.67. The number of halogens is 1. The molecule has 3 N–H and O–H groups in total. The first kappa shape index (κ1) is 17.1. The zero-order chi connectivity index (χ0) is 17.8. The number of anilines is 1. The van der Waals surface area contributed by atoms with Gasteiger partial charge in [0.05, 0.1) is 22.7 Å². The van der Waals surface area contributed by atoms with E-state index in [4.69, 9.17) is 17.3 Å². The number of benzene rings is 2. The van der Waals surface area contributed by atoms with E-state index in [0.717, 1.165) is 10.6 Å². The molecular formula is C18H14ClN3O2S. The van der Waals surface area contributed by atoms with Crippen LogP contribution in [0.5, 0.6) is 0 Å². The molecule has 0 saturated carbocycles. The number of nitrogens with zero attached hydrogens (tertiary/aromatic N) is 1. The average Bonchev–Trinajstić information content (AvgIpc) is 3.03. The highest BCUT2D eigenvalue weighted by molar-refractivity contribution is 7.13. The fourth-order valence-electron chi connectivity index (χ4n) is 2.26. The van der Waals surface area contributed by atoms with Crippen LogP contribution < -0.4 is 11.1 Å². The van der Waals surface area contributed by atoms with Crippen molar-refractivity contribution in [2.45, 2.75) is 6.42 Å². The van der Waals surface area contributed by atoms with E-state index in [2.05, 4.69) is 10.3 Å². The lowest BCUT2D eigenvalue weighted by atomic mass is 10.2. The maximum absolute atomic E-state index is 12.2. The number of primary amides is 1. The third kappa shape index (κ3) is 4.23. The Morgan fingerprint density at radius 2 is 1.92 bits per heavy atom. The standard InChI is InChI=1S/C18H14ClN3O2S/c19-15-8-12(6-7-14(15)17(20)24)21-16(23)9-13-10-25-18(22-13)11-4-2-1-3-5-11/h1-8,10H,9H2,(H2,20,24)(H,21,23). The minimum absolute atomic E-state index is 0.151. The van der Waals surface area contributed by atoms with Crippen molar-refractivity contribution in [2.24, 2.45) is 5.73 Å². The van der Waals surface area contributed by atoms with Crippen LogP contribution in [-0.2, 0) is 11.2 Å². The van der Waals surface area contributed by atoms with Crippen LogP contribution in [0.4, 0.5) is 5.69 Å². The van der Waals surface area contributed by atoms with Crippen molar-refractivity contribution in [3.63, 3.8) is 0 Å². The van der Waals surface area contributed by atoms with Crippen LogP contribution in [0.2, 0.25) is 5.02 Å². The first-order valence-electron chi connectivity index (χ1n) is 7.42. The van der Waals surface area contributed by atoms with E-state index in [9.17, 15) is 9.59 Å². The van der Waals surface area contributed by atoms with E-state index in [1.54, 1.807) is 6.07 Å². The molecule has 2 amide bonds. The number of carbonyl (C=O) groups excluding carboxylic acids is 2. The van der Waals surface area contributed by atoms with Gasteiger partial charge < -0.3 is 11.1 Å². The van der Waals surface area contributed by atoms with E-state index >= 15 is 0 Å². The smallest absolute Gasteiger partial charge is 0.250 e. The molecule has 0 aliphatic carbocycles. The summed E-state index contributed by atoms with van der Waals surface area (Å²) in [5.74, 6) is -0.827. The molecule has 2 aromatic carbocycles. The minimum Gasteiger partial charge on any atom is -0.366 e. The third-order valence-electron chi connectivity index (χ3n) is 3.43. The van der Waals surface area contributed by atoms with Gasteiger partial charge in [0.25, 0.3) is 0 Å². The fourth-order valence-corrected chi connectivity index (χ4v) is 3.36. The zero-order valence-corrected chi connectivity index (χ0v) is 14.6. The van der Waals surface area contributed by atoms with E-state index < -0.39 is 5.91 Å². The Morgan fingerprint density at radius 3 is 2.60 bits per heavy atom. The van der Waals surface area contributed by atoms with Crippen molar-refractivity contribution < 1.29 is 9.59 Å². The molecule has 5 nitrogen and oxygen atoms in total. The van der Waals surface area contributed by atoms with Crippen LogP contribution in [0, 0.1) is 0 Å². The number of hydrogen-bond acceptors (Lipinski definition) is 4. The minimum atomic E-state index is -0.612. The van der Waals surface area contributed by atoms with Gasteiger partial charge in [-0.1, -0.05) is 41.9 Å². The number of carbonyl (C=O) groups is 2. The Labute approximate surface area is 153 Å². The van der Waals surface area contributed by atoms with Crippen molar-refractivity contribution in [1.29, 1.82) is 0 Å². The Morgan fingerprint density at radius 1 is 1.16 bits per heavy atom. The van der Waals surface area contributed by atoms with Crippen LogP contribution in [-0.4, -0.2) is 16.8 Å². The van der Waals surface area contributed by atoms with E-state index in [0.29, 0.717) is 11.4 Å². The van der Waals surface area contributed by atoms with Gasteiger partial charge in [-0.15, -0.1) is 11.3 Å². The zero-order valence-electron chi connectivity index (χ0n) is 13.0. The monoisotopic (exact) mass is 371 g/mol. The molecule has 0 aliphatic heterocycles. The van der Waals surface area contributed by atoms with Gasteiger partial charge in [-0.05, 0) is 18.2 Å². The number of rotatable bonds is 5.